The molecule has 0 N–H and O–H groups in total. The number of rotatable bonds is 3. The van der Waals surface area contributed by atoms with E-state index in [4.69, 9.17) is 0 Å². The van der Waals surface area contributed by atoms with Crippen LogP contribution < -0.4 is 14.7 Å². The SMILES string of the molecule is CN1C=CN(c2cc(C(C)(C)C)cc(C3(C)c4cc(N5CN(C)c6ccccc65)ccc4-n4c5ccccc5c5cccc3c54)c2)C1. The number of hydrogen-bond acceptors (Lipinski definition) is 4. The molecule has 0 saturated carbocycles. The van der Waals surface area contributed by atoms with Crippen molar-refractivity contribution in [1.82, 2.24) is 9.47 Å². The van der Waals surface area contributed by atoms with E-state index in [0.717, 1.165) is 13.3 Å². The van der Waals surface area contributed by atoms with Crippen molar-refractivity contribution >= 4 is 44.6 Å². The van der Waals surface area contributed by atoms with E-state index in [2.05, 4.69) is 181 Å². The Morgan fingerprint density at radius 2 is 1.40 bits per heavy atom. The van der Waals surface area contributed by atoms with E-state index in [1.54, 1.807) is 0 Å². The van der Waals surface area contributed by atoms with Crippen LogP contribution in [0.3, 0.4) is 0 Å². The summed E-state index contributed by atoms with van der Waals surface area (Å²) in [6, 6.07) is 39.1. The lowest BCUT2D eigenvalue weighted by molar-refractivity contribution is 0.495. The lowest BCUT2D eigenvalue weighted by Crippen LogP contribution is -2.33. The number of fused-ring (bicyclic) bond motifs is 6. The molecule has 4 heterocycles. The Morgan fingerprint density at radius 1 is 0.638 bits per heavy atom. The molecule has 0 aliphatic carbocycles. The van der Waals surface area contributed by atoms with Crippen LogP contribution in [-0.4, -0.2) is 36.9 Å². The van der Waals surface area contributed by atoms with Crippen molar-refractivity contribution in [3.63, 3.8) is 0 Å². The zero-order valence-corrected chi connectivity index (χ0v) is 28.1. The molecule has 0 saturated heterocycles. The van der Waals surface area contributed by atoms with Gasteiger partial charge in [0.15, 0.2) is 0 Å². The molecule has 5 nitrogen and oxygen atoms in total. The zero-order valence-electron chi connectivity index (χ0n) is 28.1. The average Bonchev–Trinajstić information content (AvgIpc) is 3.77. The van der Waals surface area contributed by atoms with Gasteiger partial charge in [-0.15, -0.1) is 0 Å². The van der Waals surface area contributed by atoms with Gasteiger partial charge in [-0.1, -0.05) is 75.4 Å². The number of anilines is 4. The average molecular weight is 616 g/mol. The molecular formula is C42H41N5. The Hall–Kier alpha value is -5.16. The Kier molecular flexibility index (Phi) is 5.78. The van der Waals surface area contributed by atoms with Crippen molar-refractivity contribution in [2.24, 2.45) is 0 Å². The highest BCUT2D eigenvalue weighted by Crippen LogP contribution is 2.53. The Balaban J connectivity index is 1.36. The second-order valence-electron chi connectivity index (χ2n) is 14.8. The molecule has 234 valence electrons. The molecule has 0 spiro atoms. The smallest absolute Gasteiger partial charge is 0.0950 e. The fourth-order valence-electron chi connectivity index (χ4n) is 8.21. The normalized spacial score (nSPS) is 18.5. The van der Waals surface area contributed by atoms with Crippen LogP contribution in [0.5, 0.6) is 0 Å². The van der Waals surface area contributed by atoms with Crippen LogP contribution in [0.15, 0.2) is 116 Å². The maximum atomic E-state index is 2.53. The fourth-order valence-corrected chi connectivity index (χ4v) is 8.21. The first-order valence-corrected chi connectivity index (χ1v) is 16.7. The van der Waals surface area contributed by atoms with E-state index in [1.165, 1.54) is 72.5 Å². The van der Waals surface area contributed by atoms with Gasteiger partial charge in [-0.05, 0) is 83.1 Å². The molecule has 1 atom stereocenters. The van der Waals surface area contributed by atoms with Gasteiger partial charge in [-0.3, -0.25) is 0 Å². The third kappa shape index (κ3) is 3.95. The van der Waals surface area contributed by atoms with Crippen LogP contribution in [0.1, 0.15) is 49.9 Å². The van der Waals surface area contributed by atoms with Crippen LogP contribution in [0, 0.1) is 0 Å². The summed E-state index contributed by atoms with van der Waals surface area (Å²) in [7, 11) is 4.32. The topological polar surface area (TPSA) is 17.9 Å². The molecule has 6 aromatic rings. The van der Waals surface area contributed by atoms with Gasteiger partial charge in [0.1, 0.15) is 0 Å². The van der Waals surface area contributed by atoms with Gasteiger partial charge in [-0.2, -0.15) is 0 Å². The lowest BCUT2D eigenvalue weighted by Gasteiger charge is -2.40. The number of benzene rings is 5. The van der Waals surface area contributed by atoms with Gasteiger partial charge in [0.25, 0.3) is 0 Å². The number of para-hydroxylation sites is 4. The molecule has 0 fully saturated rings. The minimum atomic E-state index is -0.411. The van der Waals surface area contributed by atoms with Crippen LogP contribution in [-0.2, 0) is 10.8 Å². The van der Waals surface area contributed by atoms with Gasteiger partial charge in [0, 0.05) is 54.1 Å². The van der Waals surface area contributed by atoms with Gasteiger partial charge in [-0.25, -0.2) is 0 Å². The standard InChI is InChI=1S/C42H41N5/c1-41(2,3)28-22-29(24-31(23-28)45-21-20-43(5)26-45)42(4)34-14-11-13-33-32-12-7-8-15-36(32)47(40(33)34)37-19-18-30(25-35(37)42)46-27-44(6)38-16-9-10-17-39(38)46/h7-25H,26-27H2,1-6H3. The van der Waals surface area contributed by atoms with E-state index < -0.39 is 5.41 Å². The summed E-state index contributed by atoms with van der Waals surface area (Å²) in [6.45, 7) is 11.1. The number of nitrogens with zero attached hydrogens (tertiary/aromatic N) is 5. The van der Waals surface area contributed by atoms with E-state index >= 15 is 0 Å². The van der Waals surface area contributed by atoms with E-state index in [1.807, 2.05) is 0 Å². The summed E-state index contributed by atoms with van der Waals surface area (Å²) < 4.78 is 2.53. The Morgan fingerprint density at radius 3 is 2.19 bits per heavy atom. The molecule has 3 aliphatic heterocycles. The molecule has 0 bridgehead atoms. The van der Waals surface area contributed by atoms with Crippen molar-refractivity contribution in [3.05, 3.63) is 138 Å². The maximum absolute atomic E-state index is 2.53. The summed E-state index contributed by atoms with van der Waals surface area (Å²) in [5.41, 5.74) is 13.7. The second kappa shape index (κ2) is 9.68. The first-order valence-electron chi connectivity index (χ1n) is 16.7. The van der Waals surface area contributed by atoms with Gasteiger partial charge in [0.05, 0.1) is 41.4 Å². The Bertz CT molecular complexity index is 2270. The summed E-state index contributed by atoms with van der Waals surface area (Å²) in [5.74, 6) is 0. The molecule has 5 heteroatoms. The Labute approximate surface area is 277 Å². The molecule has 3 aliphatic rings. The summed E-state index contributed by atoms with van der Waals surface area (Å²) in [6.07, 6.45) is 4.37. The third-order valence-corrected chi connectivity index (χ3v) is 10.8. The maximum Gasteiger partial charge on any atom is 0.0950 e. The van der Waals surface area contributed by atoms with Crippen molar-refractivity contribution in [2.75, 3.05) is 42.1 Å². The highest BCUT2D eigenvalue weighted by molar-refractivity contribution is 6.12. The monoisotopic (exact) mass is 615 g/mol. The van der Waals surface area contributed by atoms with Crippen LogP contribution in [0.4, 0.5) is 22.7 Å². The fraction of sp³-hybridized carbons (Fsp3) is 0.238. The first kappa shape index (κ1) is 28.1. The highest BCUT2D eigenvalue weighted by atomic mass is 15.4. The second-order valence-corrected chi connectivity index (χ2v) is 14.8. The molecule has 0 radical (unpaired) electrons. The number of hydrogen-bond donors (Lipinski definition) is 0. The summed E-state index contributed by atoms with van der Waals surface area (Å²) in [5, 5.41) is 2.61. The predicted molar refractivity (Wildman–Crippen MR) is 198 cm³/mol. The molecule has 9 rings (SSSR count). The summed E-state index contributed by atoms with van der Waals surface area (Å²) in [4.78, 5) is 9.40. The number of aromatic nitrogens is 1. The summed E-state index contributed by atoms with van der Waals surface area (Å²) >= 11 is 0. The molecule has 47 heavy (non-hydrogen) atoms. The molecule has 1 unspecified atom stereocenters. The molecular weight excluding hydrogens is 574 g/mol. The van der Waals surface area contributed by atoms with E-state index in [9.17, 15) is 0 Å². The molecule has 5 aromatic carbocycles. The van der Waals surface area contributed by atoms with Gasteiger partial charge < -0.3 is 24.2 Å². The van der Waals surface area contributed by atoms with Gasteiger partial charge in [0.2, 0.25) is 0 Å². The minimum absolute atomic E-state index is 0.0133. The van der Waals surface area contributed by atoms with Crippen molar-refractivity contribution in [1.29, 1.82) is 0 Å². The largest absolute Gasteiger partial charge is 0.361 e. The van der Waals surface area contributed by atoms with Gasteiger partial charge >= 0.3 is 0 Å². The zero-order chi connectivity index (χ0) is 32.2. The predicted octanol–water partition coefficient (Wildman–Crippen LogP) is 9.47. The minimum Gasteiger partial charge on any atom is -0.361 e. The van der Waals surface area contributed by atoms with Crippen molar-refractivity contribution < 1.29 is 0 Å². The lowest BCUT2D eigenvalue weighted by atomic mass is 9.67. The van der Waals surface area contributed by atoms with Crippen molar-refractivity contribution in [2.45, 2.75) is 38.5 Å². The highest BCUT2D eigenvalue weighted by Gasteiger charge is 2.42. The van der Waals surface area contributed by atoms with Crippen LogP contribution in [0.2, 0.25) is 0 Å². The third-order valence-electron chi connectivity index (χ3n) is 10.8. The quantitative estimate of drug-likeness (QED) is 0.197. The van der Waals surface area contributed by atoms with E-state index in [-0.39, 0.29) is 5.41 Å². The van der Waals surface area contributed by atoms with Crippen LogP contribution in [0.25, 0.3) is 27.5 Å². The molecule has 1 aromatic heterocycles. The van der Waals surface area contributed by atoms with E-state index in [0.29, 0.717) is 0 Å². The molecule has 0 amide bonds. The van der Waals surface area contributed by atoms with Crippen LogP contribution >= 0.6 is 0 Å². The van der Waals surface area contributed by atoms with Crippen molar-refractivity contribution in [3.8, 4) is 5.69 Å². The first-order chi connectivity index (χ1) is 22.6.